The molecule has 2 N–H and O–H groups in total. The number of nitrogens with two attached hydrogens (primary N) is 1. The van der Waals surface area contributed by atoms with Crippen LogP contribution in [0.4, 0.5) is 5.82 Å². The van der Waals surface area contributed by atoms with E-state index in [9.17, 15) is 0 Å². The minimum absolute atomic E-state index is 0.760. The van der Waals surface area contributed by atoms with Crippen LogP contribution in [0.5, 0.6) is 0 Å². The van der Waals surface area contributed by atoms with Crippen molar-refractivity contribution in [3.8, 4) is 0 Å². The summed E-state index contributed by atoms with van der Waals surface area (Å²) >= 11 is 3.41. The van der Waals surface area contributed by atoms with Gasteiger partial charge in [-0.25, -0.2) is 10.8 Å². The first-order chi connectivity index (χ1) is 6.66. The van der Waals surface area contributed by atoms with Gasteiger partial charge in [-0.05, 0) is 24.3 Å². The molecule has 0 saturated heterocycles. The first kappa shape index (κ1) is 9.43. The minimum atomic E-state index is 0.760. The monoisotopic (exact) mass is 251 g/mol. The summed E-state index contributed by atoms with van der Waals surface area (Å²) in [6, 6.07) is 9.90. The Morgan fingerprint density at radius 2 is 2.00 bits per heavy atom. The van der Waals surface area contributed by atoms with Crippen LogP contribution in [-0.4, -0.2) is 12.0 Å². The molecule has 0 aliphatic heterocycles. The third-order valence-electron chi connectivity index (χ3n) is 2.00. The Bertz CT molecular complexity index is 468. The van der Waals surface area contributed by atoms with Crippen LogP contribution < -0.4 is 10.9 Å². The van der Waals surface area contributed by atoms with Crippen LogP contribution >= 0.6 is 15.9 Å². The third kappa shape index (κ3) is 1.71. The van der Waals surface area contributed by atoms with E-state index in [1.54, 1.807) is 7.05 Å². The number of fused-ring (bicyclic) bond motifs is 1. The van der Waals surface area contributed by atoms with Crippen molar-refractivity contribution in [1.82, 2.24) is 4.98 Å². The van der Waals surface area contributed by atoms with Crippen molar-refractivity contribution in [2.45, 2.75) is 0 Å². The molecule has 2 rings (SSSR count). The maximum Gasteiger partial charge on any atom is 0.142 e. The molecular formula is C10H10BrN3. The van der Waals surface area contributed by atoms with E-state index in [0.29, 0.717) is 0 Å². The van der Waals surface area contributed by atoms with Gasteiger partial charge in [0.1, 0.15) is 5.82 Å². The zero-order chi connectivity index (χ0) is 10.1. The number of hydrogen-bond acceptors (Lipinski definition) is 3. The lowest BCUT2D eigenvalue weighted by atomic mass is 10.2. The fourth-order valence-electron chi connectivity index (χ4n) is 1.28. The van der Waals surface area contributed by atoms with Crippen LogP contribution in [0, 0.1) is 0 Å². The second kappa shape index (κ2) is 3.55. The number of aromatic nitrogens is 1. The third-order valence-corrected chi connectivity index (χ3v) is 2.49. The summed E-state index contributed by atoms with van der Waals surface area (Å²) in [6.45, 7) is 0. The number of benzene rings is 1. The minimum Gasteiger partial charge on any atom is -0.298 e. The van der Waals surface area contributed by atoms with E-state index in [4.69, 9.17) is 5.84 Å². The molecule has 4 heteroatoms. The van der Waals surface area contributed by atoms with Crippen LogP contribution in [-0.2, 0) is 0 Å². The fraction of sp³-hybridized carbons (Fsp3) is 0.100. The number of hydrazine groups is 1. The Hall–Kier alpha value is -1.13. The predicted octanol–water partition coefficient (Wildman–Crippen LogP) is 2.31. The lowest BCUT2D eigenvalue weighted by Crippen LogP contribution is -2.25. The molecule has 0 bridgehead atoms. The fourth-order valence-corrected chi connectivity index (χ4v) is 1.63. The van der Waals surface area contributed by atoms with E-state index in [-0.39, 0.29) is 0 Å². The first-order valence-corrected chi connectivity index (χ1v) is 5.01. The standard InChI is InChI=1S/C10H10BrN3/c1-14(12)10-5-3-7-2-4-8(11)6-9(7)13-10/h2-6H,12H2,1H3. The van der Waals surface area contributed by atoms with Gasteiger partial charge in [-0.1, -0.05) is 22.0 Å². The molecule has 14 heavy (non-hydrogen) atoms. The molecule has 0 radical (unpaired) electrons. The van der Waals surface area contributed by atoms with Crippen LogP contribution in [0.1, 0.15) is 0 Å². The van der Waals surface area contributed by atoms with E-state index < -0.39 is 0 Å². The number of halogens is 1. The topological polar surface area (TPSA) is 42.1 Å². The molecule has 2 aromatic rings. The average Bonchev–Trinajstić information content (AvgIpc) is 2.16. The summed E-state index contributed by atoms with van der Waals surface area (Å²) in [4.78, 5) is 4.41. The van der Waals surface area contributed by atoms with Crippen molar-refractivity contribution in [2.24, 2.45) is 5.84 Å². The maximum atomic E-state index is 5.60. The van der Waals surface area contributed by atoms with Crippen LogP contribution in [0.3, 0.4) is 0 Å². The van der Waals surface area contributed by atoms with E-state index in [2.05, 4.69) is 20.9 Å². The molecular weight excluding hydrogens is 242 g/mol. The number of rotatable bonds is 1. The molecule has 3 nitrogen and oxygen atoms in total. The molecule has 1 heterocycles. The second-order valence-corrected chi connectivity index (χ2v) is 4.03. The largest absolute Gasteiger partial charge is 0.298 e. The maximum absolute atomic E-state index is 5.60. The Labute approximate surface area is 90.6 Å². The number of pyridine rings is 1. The summed E-state index contributed by atoms with van der Waals surface area (Å²) in [7, 11) is 1.77. The van der Waals surface area contributed by atoms with Gasteiger partial charge in [-0.3, -0.25) is 5.01 Å². The Kier molecular flexibility index (Phi) is 2.39. The van der Waals surface area contributed by atoms with Gasteiger partial charge in [0.2, 0.25) is 0 Å². The summed E-state index contributed by atoms with van der Waals surface area (Å²) in [5.74, 6) is 6.36. The lowest BCUT2D eigenvalue weighted by Gasteiger charge is -2.11. The van der Waals surface area contributed by atoms with Crippen molar-refractivity contribution in [1.29, 1.82) is 0 Å². The van der Waals surface area contributed by atoms with Crippen LogP contribution in [0.15, 0.2) is 34.8 Å². The van der Waals surface area contributed by atoms with E-state index in [1.807, 2.05) is 30.3 Å². The van der Waals surface area contributed by atoms with Crippen LogP contribution in [0.25, 0.3) is 10.9 Å². The second-order valence-electron chi connectivity index (χ2n) is 3.12. The molecule has 0 aliphatic rings. The molecule has 1 aromatic heterocycles. The highest BCUT2D eigenvalue weighted by atomic mass is 79.9. The summed E-state index contributed by atoms with van der Waals surface area (Å²) in [5.41, 5.74) is 0.939. The van der Waals surface area contributed by atoms with Gasteiger partial charge in [0, 0.05) is 16.9 Å². The molecule has 0 unspecified atom stereocenters. The van der Waals surface area contributed by atoms with Gasteiger partial charge in [0.15, 0.2) is 0 Å². The molecule has 72 valence electrons. The van der Waals surface area contributed by atoms with Crippen LogP contribution in [0.2, 0.25) is 0 Å². The molecule has 0 amide bonds. The highest BCUT2D eigenvalue weighted by Gasteiger charge is 2.00. The lowest BCUT2D eigenvalue weighted by molar-refractivity contribution is 0.986. The number of nitrogens with zero attached hydrogens (tertiary/aromatic N) is 2. The summed E-state index contributed by atoms with van der Waals surface area (Å²) < 4.78 is 1.02. The highest BCUT2D eigenvalue weighted by Crippen LogP contribution is 2.20. The van der Waals surface area contributed by atoms with Crippen molar-refractivity contribution in [3.63, 3.8) is 0 Å². The first-order valence-electron chi connectivity index (χ1n) is 4.21. The average molecular weight is 252 g/mol. The van der Waals surface area contributed by atoms with Gasteiger partial charge in [0.05, 0.1) is 5.52 Å². The zero-order valence-corrected chi connectivity index (χ0v) is 9.32. The van der Waals surface area contributed by atoms with Crippen molar-refractivity contribution in [2.75, 3.05) is 12.1 Å². The molecule has 0 aliphatic carbocycles. The molecule has 1 aromatic carbocycles. The SMILES string of the molecule is CN(N)c1ccc2ccc(Br)cc2n1. The normalized spacial score (nSPS) is 10.5. The van der Waals surface area contributed by atoms with Gasteiger partial charge in [-0.2, -0.15) is 0 Å². The van der Waals surface area contributed by atoms with Gasteiger partial charge < -0.3 is 0 Å². The van der Waals surface area contributed by atoms with Crippen molar-refractivity contribution in [3.05, 3.63) is 34.8 Å². The van der Waals surface area contributed by atoms with E-state index in [1.165, 1.54) is 5.01 Å². The zero-order valence-electron chi connectivity index (χ0n) is 7.74. The van der Waals surface area contributed by atoms with Crippen molar-refractivity contribution >= 4 is 32.7 Å². The van der Waals surface area contributed by atoms with Crippen molar-refractivity contribution < 1.29 is 0 Å². The predicted molar refractivity (Wildman–Crippen MR) is 62.0 cm³/mol. The highest BCUT2D eigenvalue weighted by molar-refractivity contribution is 9.10. The number of hydrogen-bond donors (Lipinski definition) is 1. The molecule has 0 spiro atoms. The summed E-state index contributed by atoms with van der Waals surface area (Å²) in [6.07, 6.45) is 0. The molecule has 0 fully saturated rings. The van der Waals surface area contributed by atoms with Gasteiger partial charge in [0.25, 0.3) is 0 Å². The molecule has 0 atom stereocenters. The Morgan fingerprint density at radius 1 is 1.29 bits per heavy atom. The Balaban J connectivity index is 2.63. The van der Waals surface area contributed by atoms with Gasteiger partial charge >= 0.3 is 0 Å². The van der Waals surface area contributed by atoms with E-state index >= 15 is 0 Å². The smallest absolute Gasteiger partial charge is 0.142 e. The van der Waals surface area contributed by atoms with Gasteiger partial charge in [-0.15, -0.1) is 0 Å². The summed E-state index contributed by atoms with van der Waals surface area (Å²) in [5, 5.41) is 2.61. The number of anilines is 1. The van der Waals surface area contributed by atoms with E-state index in [0.717, 1.165) is 21.2 Å². The molecule has 0 saturated carbocycles. The quantitative estimate of drug-likeness (QED) is 0.625. The Morgan fingerprint density at radius 3 is 2.71 bits per heavy atom.